The maximum Gasteiger partial charge on any atom is 0.335 e. The van der Waals surface area contributed by atoms with Gasteiger partial charge in [-0.25, -0.2) is 9.59 Å². The first-order valence-electron chi connectivity index (χ1n) is 3.47. The number of carboxylic acids is 2. The highest BCUT2D eigenvalue weighted by molar-refractivity contribution is 5.75. The molecule has 0 rings (SSSR count). The van der Waals surface area contributed by atoms with Crippen molar-refractivity contribution in [3.63, 3.8) is 0 Å². The van der Waals surface area contributed by atoms with Gasteiger partial charge in [0.15, 0.2) is 12.2 Å². The Labute approximate surface area is 89.9 Å². The van der Waals surface area contributed by atoms with Crippen molar-refractivity contribution in [1.82, 2.24) is 12.3 Å². The minimum absolute atomic E-state index is 0. The summed E-state index contributed by atoms with van der Waals surface area (Å²) < 4.78 is 0. The largest absolute Gasteiger partial charge is 0.479 e. The topological polar surface area (TPSA) is 229 Å². The summed E-state index contributed by atoms with van der Waals surface area (Å²) in [6.07, 6.45) is -9.28. The molecule has 0 saturated carbocycles. The van der Waals surface area contributed by atoms with Crippen LogP contribution in [0.25, 0.3) is 0 Å². The molecule has 98 valence electrons. The molecule has 0 aromatic heterocycles. The Morgan fingerprint density at radius 2 is 0.875 bits per heavy atom. The second-order valence-corrected chi connectivity index (χ2v) is 2.55. The molecule has 0 heterocycles. The van der Waals surface area contributed by atoms with Crippen LogP contribution in [-0.2, 0) is 9.59 Å². The van der Waals surface area contributed by atoms with Gasteiger partial charge in [0.2, 0.25) is 0 Å². The van der Waals surface area contributed by atoms with Gasteiger partial charge in [0.05, 0.1) is 0 Å². The summed E-state index contributed by atoms with van der Waals surface area (Å²) in [5.41, 5.74) is 0. The van der Waals surface area contributed by atoms with Crippen molar-refractivity contribution in [2.24, 2.45) is 0 Å². The summed E-state index contributed by atoms with van der Waals surface area (Å²) in [5.74, 6) is -3.68. The van der Waals surface area contributed by atoms with Crippen molar-refractivity contribution in [2.75, 3.05) is 0 Å². The molecule has 0 aromatic carbocycles. The molecule has 0 bridgehead atoms. The fraction of sp³-hybridized carbons (Fsp3) is 0.667. The van der Waals surface area contributed by atoms with Crippen LogP contribution in [0.4, 0.5) is 0 Å². The highest BCUT2D eigenvalue weighted by Crippen LogP contribution is 2.05. The predicted molar refractivity (Wildman–Crippen MR) is 51.3 cm³/mol. The van der Waals surface area contributed by atoms with Gasteiger partial charge in [-0.3, -0.25) is 0 Å². The zero-order chi connectivity index (χ0) is 11.5. The molecule has 0 saturated heterocycles. The van der Waals surface area contributed by atoms with Gasteiger partial charge in [0.1, 0.15) is 12.2 Å². The molecule has 0 unspecified atom stereocenters. The molecule has 10 nitrogen and oxygen atoms in total. The first-order valence-corrected chi connectivity index (χ1v) is 3.47. The maximum absolute atomic E-state index is 10.1. The second kappa shape index (κ2) is 7.92. The molecular weight excluding hydrogens is 228 g/mol. The summed E-state index contributed by atoms with van der Waals surface area (Å²) in [7, 11) is 0. The number of carbonyl (C=O) groups is 2. The van der Waals surface area contributed by atoms with Gasteiger partial charge in [0, 0.05) is 0 Å². The number of rotatable bonds is 5. The molecule has 4 atom stereocenters. The van der Waals surface area contributed by atoms with Crippen LogP contribution >= 0.6 is 0 Å². The lowest BCUT2D eigenvalue weighted by atomic mass is 10.0. The van der Waals surface area contributed by atoms with E-state index in [9.17, 15) is 9.59 Å². The SMILES string of the molecule is O=C(O)[C@@H](O)[C@H](O)[C@H](O)[C@@H](O)C(=O)O.[NH4+].[NH4+]. The number of aliphatic carboxylic acids is 2. The summed E-state index contributed by atoms with van der Waals surface area (Å²) >= 11 is 0. The maximum atomic E-state index is 10.1. The second-order valence-electron chi connectivity index (χ2n) is 2.55. The normalized spacial score (nSPS) is 17.0. The number of aliphatic hydroxyl groups excluding tert-OH is 4. The van der Waals surface area contributed by atoms with Crippen LogP contribution < -0.4 is 12.3 Å². The first-order chi connectivity index (χ1) is 6.29. The zero-order valence-corrected chi connectivity index (χ0v) is 8.81. The first kappa shape index (κ1) is 20.2. The number of carboxylic acid groups (broad SMARTS) is 2. The van der Waals surface area contributed by atoms with Crippen molar-refractivity contribution in [3.05, 3.63) is 0 Å². The van der Waals surface area contributed by atoms with Crippen LogP contribution in [0.2, 0.25) is 0 Å². The molecule has 0 aromatic rings. The number of quaternary nitrogens is 2. The molecule has 0 radical (unpaired) electrons. The third kappa shape index (κ3) is 4.97. The van der Waals surface area contributed by atoms with Gasteiger partial charge in [-0.05, 0) is 0 Å². The molecule has 0 aliphatic carbocycles. The van der Waals surface area contributed by atoms with E-state index in [0.717, 1.165) is 0 Å². The van der Waals surface area contributed by atoms with Gasteiger partial charge in [-0.15, -0.1) is 0 Å². The molecule has 0 aliphatic rings. The van der Waals surface area contributed by atoms with Gasteiger partial charge in [0.25, 0.3) is 0 Å². The van der Waals surface area contributed by atoms with Crippen LogP contribution in [0.1, 0.15) is 0 Å². The molecule has 0 amide bonds. The van der Waals surface area contributed by atoms with Gasteiger partial charge >= 0.3 is 11.9 Å². The Kier molecular flexibility index (Phi) is 9.98. The average molecular weight is 246 g/mol. The molecule has 0 fully saturated rings. The Morgan fingerprint density at radius 3 is 1.00 bits per heavy atom. The van der Waals surface area contributed by atoms with Crippen LogP contribution in [0, 0.1) is 0 Å². The van der Waals surface area contributed by atoms with Gasteiger partial charge < -0.3 is 42.9 Å². The molecule has 0 aliphatic heterocycles. The number of hydrogen-bond donors (Lipinski definition) is 8. The predicted octanol–water partition coefficient (Wildman–Crippen LogP) is -2.65. The molecular formula is C6H18N2O8+2. The average Bonchev–Trinajstić information content (AvgIpc) is 2.12. The Morgan fingerprint density at radius 1 is 0.688 bits per heavy atom. The van der Waals surface area contributed by atoms with E-state index in [-0.39, 0.29) is 12.3 Å². The Hall–Kier alpha value is -1.30. The highest BCUT2D eigenvalue weighted by atomic mass is 16.4. The minimum Gasteiger partial charge on any atom is -0.479 e. The van der Waals surface area contributed by atoms with Crippen molar-refractivity contribution in [2.45, 2.75) is 24.4 Å². The Bertz CT molecular complexity index is 211. The quantitative estimate of drug-likeness (QED) is 0.254. The standard InChI is InChI=1S/C6H10O8.2H3N/c7-1(3(9)5(11)12)2(8)4(10)6(13)14;;/h1-4,7-10H,(H,11,12)(H,13,14);2*1H3/p+2/t1-,2+,3+,4-;;. The van der Waals surface area contributed by atoms with Crippen molar-refractivity contribution in [1.29, 1.82) is 0 Å². The molecule has 14 N–H and O–H groups in total. The Balaban J connectivity index is -0.000000845. The summed E-state index contributed by atoms with van der Waals surface area (Å²) in [4.78, 5) is 20.2. The number of hydrogen-bond acceptors (Lipinski definition) is 6. The van der Waals surface area contributed by atoms with E-state index in [1.165, 1.54) is 0 Å². The van der Waals surface area contributed by atoms with E-state index in [0.29, 0.717) is 0 Å². The van der Waals surface area contributed by atoms with Crippen molar-refractivity contribution in [3.8, 4) is 0 Å². The molecule has 16 heavy (non-hydrogen) atoms. The lowest BCUT2D eigenvalue weighted by Gasteiger charge is -2.21. The number of aliphatic hydroxyl groups is 4. The van der Waals surface area contributed by atoms with E-state index in [1.54, 1.807) is 0 Å². The van der Waals surface area contributed by atoms with Gasteiger partial charge in [-0.2, -0.15) is 0 Å². The van der Waals surface area contributed by atoms with E-state index in [1.807, 2.05) is 0 Å². The van der Waals surface area contributed by atoms with Crippen LogP contribution in [0.15, 0.2) is 0 Å². The fourth-order valence-electron chi connectivity index (χ4n) is 0.666. The summed E-state index contributed by atoms with van der Waals surface area (Å²) in [6, 6.07) is 0. The lowest BCUT2D eigenvalue weighted by molar-refractivity contribution is -0.172. The van der Waals surface area contributed by atoms with Gasteiger partial charge in [-0.1, -0.05) is 0 Å². The lowest BCUT2D eigenvalue weighted by Crippen LogP contribution is -2.49. The highest BCUT2D eigenvalue weighted by Gasteiger charge is 2.37. The van der Waals surface area contributed by atoms with E-state index in [4.69, 9.17) is 30.6 Å². The third-order valence-corrected chi connectivity index (χ3v) is 1.50. The minimum atomic E-state index is -2.36. The monoisotopic (exact) mass is 246 g/mol. The zero-order valence-electron chi connectivity index (χ0n) is 8.81. The molecule has 10 heteroatoms. The van der Waals surface area contributed by atoms with E-state index >= 15 is 0 Å². The van der Waals surface area contributed by atoms with Crippen molar-refractivity contribution < 1.29 is 40.2 Å². The fourth-order valence-corrected chi connectivity index (χ4v) is 0.666. The van der Waals surface area contributed by atoms with E-state index in [2.05, 4.69) is 0 Å². The summed E-state index contributed by atoms with van der Waals surface area (Å²) in [5, 5.41) is 51.5. The third-order valence-electron chi connectivity index (χ3n) is 1.50. The van der Waals surface area contributed by atoms with E-state index < -0.39 is 36.4 Å². The summed E-state index contributed by atoms with van der Waals surface area (Å²) in [6.45, 7) is 0. The van der Waals surface area contributed by atoms with Crippen molar-refractivity contribution >= 4 is 11.9 Å². The van der Waals surface area contributed by atoms with Crippen LogP contribution in [0.5, 0.6) is 0 Å². The van der Waals surface area contributed by atoms with Crippen LogP contribution in [0.3, 0.4) is 0 Å². The smallest absolute Gasteiger partial charge is 0.335 e. The van der Waals surface area contributed by atoms with Crippen LogP contribution in [-0.4, -0.2) is 67.0 Å². The molecule has 0 spiro atoms.